The molecule has 0 amide bonds. The summed E-state index contributed by atoms with van der Waals surface area (Å²) < 4.78 is 32.8. The molecule has 1 heterocycles. The largest absolute Gasteiger partial charge is 0.491 e. The number of sulfonamides is 1. The third kappa shape index (κ3) is 6.04. The highest BCUT2D eigenvalue weighted by molar-refractivity contribution is 7.89. The number of aliphatic hydroxyl groups is 1. The van der Waals surface area contributed by atoms with E-state index in [1.807, 2.05) is 30.3 Å². The van der Waals surface area contributed by atoms with E-state index in [2.05, 4.69) is 9.62 Å². The average Bonchev–Trinajstić information content (AvgIpc) is 2.73. The molecule has 1 saturated heterocycles. The number of benzene rings is 2. The van der Waals surface area contributed by atoms with Gasteiger partial charge in [0.25, 0.3) is 0 Å². The first-order valence-corrected chi connectivity index (χ1v) is 11.1. The normalized spacial score (nSPS) is 16.2. The zero-order valence-corrected chi connectivity index (χ0v) is 16.8. The minimum absolute atomic E-state index is 0.0121. The average molecular weight is 405 g/mol. The van der Waals surface area contributed by atoms with E-state index in [4.69, 9.17) is 9.84 Å². The van der Waals surface area contributed by atoms with Gasteiger partial charge in [-0.25, -0.2) is 13.1 Å². The van der Waals surface area contributed by atoms with Crippen LogP contribution in [-0.2, 0) is 16.6 Å². The molecule has 0 atom stereocenters. The van der Waals surface area contributed by atoms with Crippen LogP contribution in [0.4, 0.5) is 0 Å². The fraction of sp³-hybridized carbons (Fsp3) is 0.429. The fourth-order valence-electron chi connectivity index (χ4n) is 3.37. The molecule has 3 rings (SSSR count). The van der Waals surface area contributed by atoms with Crippen LogP contribution in [0.5, 0.6) is 5.75 Å². The van der Waals surface area contributed by atoms with Gasteiger partial charge in [-0.05, 0) is 61.7 Å². The van der Waals surface area contributed by atoms with Crippen molar-refractivity contribution < 1.29 is 18.3 Å². The van der Waals surface area contributed by atoms with Crippen molar-refractivity contribution in [1.82, 2.24) is 9.62 Å². The second-order valence-corrected chi connectivity index (χ2v) is 8.87. The number of rotatable bonds is 9. The molecule has 0 unspecified atom stereocenters. The maximum absolute atomic E-state index is 12.3. The molecule has 7 heteroatoms. The van der Waals surface area contributed by atoms with E-state index in [1.54, 1.807) is 24.3 Å². The second-order valence-electron chi connectivity index (χ2n) is 7.10. The van der Waals surface area contributed by atoms with Crippen molar-refractivity contribution in [3.05, 3.63) is 60.2 Å². The van der Waals surface area contributed by atoms with Gasteiger partial charge in [0.2, 0.25) is 10.0 Å². The van der Waals surface area contributed by atoms with E-state index in [1.165, 1.54) is 5.56 Å². The van der Waals surface area contributed by atoms with Crippen LogP contribution in [0.1, 0.15) is 18.4 Å². The number of aliphatic hydroxyl groups excluding tert-OH is 1. The molecule has 0 aromatic heterocycles. The first-order valence-electron chi connectivity index (χ1n) is 9.66. The second kappa shape index (κ2) is 10.0. The lowest BCUT2D eigenvalue weighted by Crippen LogP contribution is -2.38. The van der Waals surface area contributed by atoms with Crippen LogP contribution >= 0.6 is 0 Å². The summed E-state index contributed by atoms with van der Waals surface area (Å²) in [6, 6.07) is 16.5. The van der Waals surface area contributed by atoms with E-state index in [0.29, 0.717) is 24.0 Å². The minimum Gasteiger partial charge on any atom is -0.491 e. The Labute approximate surface area is 167 Å². The molecular weight excluding hydrogens is 376 g/mol. The van der Waals surface area contributed by atoms with Crippen molar-refractivity contribution in [2.24, 2.45) is 5.92 Å². The smallest absolute Gasteiger partial charge is 0.240 e. The van der Waals surface area contributed by atoms with Gasteiger partial charge < -0.3 is 9.84 Å². The molecule has 1 aliphatic heterocycles. The third-order valence-corrected chi connectivity index (χ3v) is 6.45. The Kier molecular flexibility index (Phi) is 7.44. The summed E-state index contributed by atoms with van der Waals surface area (Å²) in [6.45, 7) is 3.60. The van der Waals surface area contributed by atoms with Crippen molar-refractivity contribution in [2.75, 3.05) is 32.8 Å². The standard InChI is InChI=1S/C21H28N2O4S/c24-14-15-27-20-8-6-19(7-9-20)17-23-12-10-18(11-13-23)16-22-28(25,26)21-4-2-1-3-5-21/h1-9,18,22,24H,10-17H2. The van der Waals surface area contributed by atoms with Crippen molar-refractivity contribution in [3.63, 3.8) is 0 Å². The monoisotopic (exact) mass is 404 g/mol. The van der Waals surface area contributed by atoms with Gasteiger partial charge in [-0.2, -0.15) is 0 Å². The predicted octanol–water partition coefficient (Wildman–Crippen LogP) is 2.25. The number of ether oxygens (including phenoxy) is 1. The molecule has 6 nitrogen and oxygen atoms in total. The lowest BCUT2D eigenvalue weighted by molar-refractivity contribution is 0.178. The van der Waals surface area contributed by atoms with Crippen LogP contribution in [0.3, 0.4) is 0 Å². The van der Waals surface area contributed by atoms with Gasteiger partial charge in [0.15, 0.2) is 0 Å². The zero-order chi connectivity index (χ0) is 19.8. The van der Waals surface area contributed by atoms with E-state index in [0.717, 1.165) is 38.2 Å². The van der Waals surface area contributed by atoms with Crippen molar-refractivity contribution in [3.8, 4) is 5.75 Å². The summed E-state index contributed by atoms with van der Waals surface area (Å²) >= 11 is 0. The lowest BCUT2D eigenvalue weighted by Gasteiger charge is -2.32. The van der Waals surface area contributed by atoms with Gasteiger partial charge in [-0.3, -0.25) is 4.90 Å². The Morgan fingerprint density at radius 3 is 2.36 bits per heavy atom. The summed E-state index contributed by atoms with van der Waals surface area (Å²) in [7, 11) is -3.42. The quantitative estimate of drug-likeness (QED) is 0.670. The zero-order valence-electron chi connectivity index (χ0n) is 16.0. The Hall–Kier alpha value is -1.93. The summed E-state index contributed by atoms with van der Waals surface area (Å²) in [6.07, 6.45) is 1.96. The molecule has 0 radical (unpaired) electrons. The van der Waals surface area contributed by atoms with Gasteiger partial charge in [0, 0.05) is 13.1 Å². The first kappa shape index (κ1) is 20.8. The molecular formula is C21H28N2O4S. The molecule has 2 N–H and O–H groups in total. The van der Waals surface area contributed by atoms with Crippen LogP contribution in [0.25, 0.3) is 0 Å². The molecule has 0 saturated carbocycles. The van der Waals surface area contributed by atoms with Crippen LogP contribution in [-0.4, -0.2) is 51.3 Å². The molecule has 1 fully saturated rings. The highest BCUT2D eigenvalue weighted by Crippen LogP contribution is 2.20. The molecule has 2 aromatic carbocycles. The van der Waals surface area contributed by atoms with Crippen molar-refractivity contribution >= 4 is 10.0 Å². The van der Waals surface area contributed by atoms with E-state index < -0.39 is 10.0 Å². The third-order valence-electron chi connectivity index (χ3n) is 5.01. The lowest BCUT2D eigenvalue weighted by atomic mass is 9.97. The van der Waals surface area contributed by atoms with Gasteiger partial charge in [0.05, 0.1) is 11.5 Å². The number of hydrogen-bond acceptors (Lipinski definition) is 5. The number of nitrogens with zero attached hydrogens (tertiary/aromatic N) is 1. The molecule has 1 aliphatic rings. The summed E-state index contributed by atoms with van der Waals surface area (Å²) in [5, 5.41) is 8.79. The molecule has 0 spiro atoms. The number of hydrogen-bond donors (Lipinski definition) is 2. The van der Waals surface area contributed by atoms with Crippen LogP contribution < -0.4 is 9.46 Å². The summed E-state index contributed by atoms with van der Waals surface area (Å²) in [5.74, 6) is 1.13. The first-order chi connectivity index (χ1) is 13.6. The maximum atomic E-state index is 12.3. The highest BCUT2D eigenvalue weighted by atomic mass is 32.2. The molecule has 152 valence electrons. The Morgan fingerprint density at radius 2 is 1.71 bits per heavy atom. The molecule has 2 aromatic rings. The number of nitrogens with one attached hydrogen (secondary N) is 1. The van der Waals surface area contributed by atoms with Gasteiger partial charge >= 0.3 is 0 Å². The number of piperidine rings is 1. The molecule has 0 aliphatic carbocycles. The van der Waals surface area contributed by atoms with E-state index >= 15 is 0 Å². The maximum Gasteiger partial charge on any atom is 0.240 e. The van der Waals surface area contributed by atoms with Crippen LogP contribution in [0.2, 0.25) is 0 Å². The number of likely N-dealkylation sites (tertiary alicyclic amines) is 1. The van der Waals surface area contributed by atoms with Crippen LogP contribution in [0.15, 0.2) is 59.5 Å². The van der Waals surface area contributed by atoms with Gasteiger partial charge in [-0.15, -0.1) is 0 Å². The predicted molar refractivity (Wildman–Crippen MR) is 109 cm³/mol. The van der Waals surface area contributed by atoms with E-state index in [-0.39, 0.29) is 6.61 Å². The summed E-state index contributed by atoms with van der Waals surface area (Å²) in [5.41, 5.74) is 1.22. The molecule has 0 bridgehead atoms. The van der Waals surface area contributed by atoms with Gasteiger partial charge in [-0.1, -0.05) is 30.3 Å². The summed E-state index contributed by atoms with van der Waals surface area (Å²) in [4.78, 5) is 2.71. The highest BCUT2D eigenvalue weighted by Gasteiger charge is 2.22. The molecule has 28 heavy (non-hydrogen) atoms. The minimum atomic E-state index is -3.42. The Morgan fingerprint density at radius 1 is 1.04 bits per heavy atom. The van der Waals surface area contributed by atoms with Crippen molar-refractivity contribution in [2.45, 2.75) is 24.3 Å². The van der Waals surface area contributed by atoms with Crippen molar-refractivity contribution in [1.29, 1.82) is 0 Å². The Bertz CT molecular complexity index is 817. The fourth-order valence-corrected chi connectivity index (χ4v) is 4.51. The Balaban J connectivity index is 1.42. The topological polar surface area (TPSA) is 78.9 Å². The SMILES string of the molecule is O=S(=O)(NCC1CCN(Cc2ccc(OCCO)cc2)CC1)c1ccccc1. The van der Waals surface area contributed by atoms with E-state index in [9.17, 15) is 8.42 Å². The van der Waals surface area contributed by atoms with Gasteiger partial charge in [0.1, 0.15) is 12.4 Å². The van der Waals surface area contributed by atoms with Crippen LogP contribution in [0, 0.1) is 5.92 Å².